The van der Waals surface area contributed by atoms with E-state index in [9.17, 15) is 23.9 Å². The number of fused-ring (bicyclic) bond motifs is 1. The molecule has 0 spiro atoms. The number of nitrogens with one attached hydrogen (secondary N) is 1. The van der Waals surface area contributed by atoms with E-state index in [1.54, 1.807) is 13.2 Å². The number of likely N-dealkylation sites (tertiary alicyclic amines) is 1. The molecule has 5 atom stereocenters. The fourth-order valence-electron chi connectivity index (χ4n) is 5.66. The Kier molecular flexibility index (Phi) is 8.37. The Hall–Kier alpha value is -3.76. The van der Waals surface area contributed by atoms with Crippen molar-refractivity contribution in [2.45, 2.75) is 57.1 Å². The molecule has 1 aromatic heterocycles. The molecule has 1 aliphatic carbocycles. The molecular weight excluding hydrogens is 583 g/mol. The van der Waals surface area contributed by atoms with Gasteiger partial charge in [-0.05, 0) is 24.0 Å². The molecule has 1 aliphatic heterocycles. The van der Waals surface area contributed by atoms with Crippen molar-refractivity contribution in [3.63, 3.8) is 0 Å². The Morgan fingerprint density at radius 2 is 1.91 bits per heavy atom. The van der Waals surface area contributed by atoms with E-state index >= 15 is 0 Å². The number of hydrogen-bond donors (Lipinski definition) is 4. The first-order valence-corrected chi connectivity index (χ1v) is 16.1. The maximum atomic E-state index is 13.7. The number of nitrogens with two attached hydrogens (primary N) is 1. The second-order valence-electron chi connectivity index (χ2n) is 12.6. The van der Waals surface area contributed by atoms with Crippen molar-refractivity contribution in [1.29, 1.82) is 0 Å². The van der Waals surface area contributed by atoms with Crippen LogP contribution in [0.1, 0.15) is 33.6 Å². The van der Waals surface area contributed by atoms with Crippen LogP contribution in [-0.4, -0.2) is 68.6 Å². The topological polar surface area (TPSA) is 164 Å². The SMILES string of the molecule is C=CC1CC1(NC(=O)[C@@H]1C[C@@H](Oc2cc(-c3ccccc3)nc3cc(OC)ccc23)CN1C(=O)[C@@H](N)C(C)(C)C)P(=O)(O)O. The van der Waals surface area contributed by atoms with Gasteiger partial charge in [0, 0.05) is 35.4 Å². The summed E-state index contributed by atoms with van der Waals surface area (Å²) >= 11 is 0. The van der Waals surface area contributed by atoms with Crippen molar-refractivity contribution < 1.29 is 33.4 Å². The number of pyridine rings is 1. The van der Waals surface area contributed by atoms with E-state index in [4.69, 9.17) is 20.2 Å². The zero-order chi connectivity index (χ0) is 32.0. The van der Waals surface area contributed by atoms with E-state index in [-0.39, 0.29) is 19.4 Å². The molecule has 1 saturated heterocycles. The highest BCUT2D eigenvalue weighted by atomic mass is 31.2. The van der Waals surface area contributed by atoms with Crippen LogP contribution in [0, 0.1) is 11.3 Å². The van der Waals surface area contributed by atoms with Crippen molar-refractivity contribution in [1.82, 2.24) is 15.2 Å². The van der Waals surface area contributed by atoms with E-state index in [1.165, 1.54) is 11.0 Å². The molecule has 3 aromatic rings. The van der Waals surface area contributed by atoms with Crippen molar-refractivity contribution in [3.05, 3.63) is 67.3 Å². The summed E-state index contributed by atoms with van der Waals surface area (Å²) in [5.74, 6) is -0.565. The predicted octanol–water partition coefficient (Wildman–Crippen LogP) is 3.83. The van der Waals surface area contributed by atoms with Gasteiger partial charge in [0.2, 0.25) is 11.8 Å². The highest BCUT2D eigenvalue weighted by molar-refractivity contribution is 7.54. The average molecular weight is 623 g/mol. The summed E-state index contributed by atoms with van der Waals surface area (Å²) in [6.07, 6.45) is 0.944. The standard InChI is InChI=1S/C32H39N4O7P/c1-6-20-17-32(20,44(39,40)41)35-29(37)26-15-22(18-36(26)30(38)28(33)31(2,3)4)43-27-16-24(19-10-8-7-9-11-19)34-25-14-21(42-5)12-13-23(25)27/h6-14,16,20,22,26,28H,1,15,17-18,33H2,2-5H3,(H,35,37)(H2,39,40,41)/t20?,22-,26+,28-,32?/m1/s1. The fourth-order valence-corrected chi connectivity index (χ4v) is 6.89. The Morgan fingerprint density at radius 1 is 1.20 bits per heavy atom. The number of nitrogens with zero attached hydrogens (tertiary/aromatic N) is 2. The van der Waals surface area contributed by atoms with Crippen LogP contribution in [0.15, 0.2) is 67.3 Å². The van der Waals surface area contributed by atoms with E-state index in [2.05, 4.69) is 11.9 Å². The van der Waals surface area contributed by atoms with E-state index in [1.807, 2.05) is 69.3 Å². The first-order chi connectivity index (χ1) is 20.7. The number of aromatic nitrogens is 1. The van der Waals surface area contributed by atoms with Gasteiger partial charge in [-0.1, -0.05) is 57.2 Å². The molecule has 2 fully saturated rings. The minimum absolute atomic E-state index is 0.0507. The molecule has 44 heavy (non-hydrogen) atoms. The summed E-state index contributed by atoms with van der Waals surface area (Å²) < 4.78 is 24.4. The summed E-state index contributed by atoms with van der Waals surface area (Å²) in [5, 5.41) is 1.56. The van der Waals surface area contributed by atoms with Crippen molar-refractivity contribution in [2.24, 2.45) is 17.1 Å². The highest BCUT2D eigenvalue weighted by Gasteiger charge is 2.66. The van der Waals surface area contributed by atoms with Crippen LogP contribution < -0.4 is 20.5 Å². The zero-order valence-electron chi connectivity index (χ0n) is 25.3. The lowest BCUT2D eigenvalue weighted by Gasteiger charge is -2.33. The summed E-state index contributed by atoms with van der Waals surface area (Å²) in [6.45, 7) is 9.19. The number of benzene rings is 2. The quantitative estimate of drug-likeness (QED) is 0.205. The van der Waals surface area contributed by atoms with Crippen LogP contribution in [0.25, 0.3) is 22.2 Å². The average Bonchev–Trinajstić information content (AvgIpc) is 3.56. The van der Waals surface area contributed by atoms with Crippen molar-refractivity contribution in [3.8, 4) is 22.8 Å². The zero-order valence-corrected chi connectivity index (χ0v) is 26.2. The van der Waals surface area contributed by atoms with Gasteiger partial charge in [-0.25, -0.2) is 4.98 Å². The monoisotopic (exact) mass is 622 g/mol. The Morgan fingerprint density at radius 3 is 2.50 bits per heavy atom. The number of carbonyl (C=O) groups excluding carboxylic acids is 2. The lowest BCUT2D eigenvalue weighted by atomic mass is 9.86. The van der Waals surface area contributed by atoms with E-state index in [0.29, 0.717) is 22.7 Å². The number of methoxy groups -OCH3 is 1. The fraction of sp³-hybridized carbons (Fsp3) is 0.406. The number of ether oxygens (including phenoxy) is 2. The minimum atomic E-state index is -4.73. The molecule has 2 aromatic carbocycles. The van der Waals surface area contributed by atoms with Crippen LogP contribution in [0.2, 0.25) is 0 Å². The van der Waals surface area contributed by atoms with Gasteiger partial charge in [0.05, 0.1) is 30.9 Å². The molecule has 5 N–H and O–H groups in total. The molecule has 234 valence electrons. The van der Waals surface area contributed by atoms with Gasteiger partial charge in [-0.15, -0.1) is 6.58 Å². The number of hydrogen-bond acceptors (Lipinski definition) is 7. The van der Waals surface area contributed by atoms with Crippen LogP contribution in [0.3, 0.4) is 0 Å². The molecule has 12 heteroatoms. The third kappa shape index (κ3) is 5.97. The Balaban J connectivity index is 1.49. The van der Waals surface area contributed by atoms with Gasteiger partial charge < -0.3 is 35.2 Å². The second kappa shape index (κ2) is 11.6. The molecule has 2 unspecified atom stereocenters. The van der Waals surface area contributed by atoms with E-state index in [0.717, 1.165) is 10.9 Å². The molecule has 5 rings (SSSR count). The number of rotatable bonds is 9. The molecular formula is C32H39N4O7P. The lowest BCUT2D eigenvalue weighted by molar-refractivity contribution is -0.141. The van der Waals surface area contributed by atoms with Gasteiger partial charge in [0.15, 0.2) is 0 Å². The molecule has 2 aliphatic rings. The summed E-state index contributed by atoms with van der Waals surface area (Å²) in [7, 11) is -3.16. The summed E-state index contributed by atoms with van der Waals surface area (Å²) in [6, 6.07) is 14.9. The lowest BCUT2D eigenvalue weighted by Crippen LogP contribution is -2.56. The van der Waals surface area contributed by atoms with Gasteiger partial charge in [0.1, 0.15) is 28.9 Å². The first-order valence-electron chi connectivity index (χ1n) is 14.5. The molecule has 1 saturated carbocycles. The third-order valence-electron chi connectivity index (χ3n) is 8.52. The van der Waals surface area contributed by atoms with Crippen LogP contribution in [0.5, 0.6) is 11.5 Å². The third-order valence-corrected chi connectivity index (χ3v) is 10.2. The largest absolute Gasteiger partial charge is 0.497 e. The Bertz CT molecular complexity index is 1640. The normalized spacial score (nSPS) is 24.1. The molecule has 11 nitrogen and oxygen atoms in total. The van der Waals surface area contributed by atoms with E-state index < -0.39 is 54.2 Å². The first kappa shape index (κ1) is 31.7. The smallest absolute Gasteiger partial charge is 0.351 e. The van der Waals surface area contributed by atoms with Crippen LogP contribution in [0.4, 0.5) is 0 Å². The minimum Gasteiger partial charge on any atom is -0.497 e. The Labute approximate surface area is 256 Å². The maximum Gasteiger partial charge on any atom is 0.351 e. The summed E-state index contributed by atoms with van der Waals surface area (Å²) in [4.78, 5) is 53.8. The maximum absolute atomic E-state index is 13.7. The van der Waals surface area contributed by atoms with Crippen LogP contribution >= 0.6 is 7.60 Å². The van der Waals surface area contributed by atoms with Crippen molar-refractivity contribution in [2.75, 3.05) is 13.7 Å². The second-order valence-corrected chi connectivity index (χ2v) is 14.5. The van der Waals surface area contributed by atoms with Gasteiger partial charge >= 0.3 is 7.60 Å². The molecule has 0 radical (unpaired) electrons. The predicted molar refractivity (Wildman–Crippen MR) is 167 cm³/mol. The number of carbonyl (C=O) groups is 2. The van der Waals surface area contributed by atoms with Gasteiger partial charge in [0.25, 0.3) is 0 Å². The van der Waals surface area contributed by atoms with Gasteiger partial charge in [-0.3, -0.25) is 14.2 Å². The summed E-state index contributed by atoms with van der Waals surface area (Å²) in [5.41, 5.74) is 7.94. The molecule has 2 amide bonds. The molecule has 2 heterocycles. The highest BCUT2D eigenvalue weighted by Crippen LogP contribution is 2.67. The number of amides is 2. The van der Waals surface area contributed by atoms with Crippen LogP contribution in [-0.2, 0) is 14.2 Å². The van der Waals surface area contributed by atoms with Gasteiger partial charge in [-0.2, -0.15) is 0 Å². The molecule has 0 bridgehead atoms. The van der Waals surface area contributed by atoms with Crippen molar-refractivity contribution >= 4 is 30.3 Å².